The Morgan fingerprint density at radius 3 is 2.67 bits per heavy atom. The summed E-state index contributed by atoms with van der Waals surface area (Å²) in [6.45, 7) is 8.23. The quantitative estimate of drug-likeness (QED) is 0.844. The van der Waals surface area contributed by atoms with Gasteiger partial charge in [-0.15, -0.1) is 0 Å². The van der Waals surface area contributed by atoms with Gasteiger partial charge in [0.05, 0.1) is 17.7 Å². The van der Waals surface area contributed by atoms with Crippen molar-refractivity contribution in [2.45, 2.75) is 50.9 Å². The topological polar surface area (TPSA) is 87.6 Å². The van der Waals surface area contributed by atoms with E-state index in [9.17, 15) is 9.90 Å². The number of β-amino-alcohol motifs (C(OH)–C–C–N with tert-alkyl or cyclic N) is 1. The van der Waals surface area contributed by atoms with Crippen molar-refractivity contribution in [3.63, 3.8) is 0 Å². The summed E-state index contributed by atoms with van der Waals surface area (Å²) in [5.74, 6) is -0.453. The number of primary amides is 1. The first-order valence-corrected chi connectivity index (χ1v) is 9.87. The number of aliphatic hydroxyl groups is 1. The lowest BCUT2D eigenvalue weighted by Gasteiger charge is -2.38. The molecule has 0 saturated carbocycles. The third-order valence-electron chi connectivity index (χ3n) is 6.27. The van der Waals surface area contributed by atoms with Crippen molar-refractivity contribution in [2.24, 2.45) is 5.73 Å². The molecule has 0 unspecified atom stereocenters. The van der Waals surface area contributed by atoms with E-state index >= 15 is 0 Å². The molecule has 4 rings (SSSR count). The average Bonchev–Trinajstić information content (AvgIpc) is 3.24. The molecule has 3 N–H and O–H groups in total. The number of rotatable bonds is 4. The highest BCUT2D eigenvalue weighted by atomic mass is 16.3. The third kappa shape index (κ3) is 3.35. The number of amides is 1. The smallest absolute Gasteiger partial charge is 0.249 e. The van der Waals surface area contributed by atoms with Crippen LogP contribution in [0.15, 0.2) is 24.5 Å². The van der Waals surface area contributed by atoms with Gasteiger partial charge in [0.15, 0.2) is 0 Å². The van der Waals surface area contributed by atoms with Crippen molar-refractivity contribution in [3.05, 3.63) is 30.1 Å². The Morgan fingerprint density at radius 1 is 1.26 bits per heavy atom. The molecule has 0 aliphatic carbocycles. The van der Waals surface area contributed by atoms with Gasteiger partial charge in [-0.2, -0.15) is 0 Å². The summed E-state index contributed by atoms with van der Waals surface area (Å²) in [5.41, 5.74) is 6.67. The lowest BCUT2D eigenvalue weighted by atomic mass is 10.0. The van der Waals surface area contributed by atoms with E-state index in [2.05, 4.69) is 28.6 Å². The number of likely N-dealkylation sites (tertiary alicyclic amines) is 2. The summed E-state index contributed by atoms with van der Waals surface area (Å²) in [6.07, 6.45) is 5.38. The molecule has 1 amide bonds. The summed E-state index contributed by atoms with van der Waals surface area (Å²) in [4.78, 5) is 21.1. The van der Waals surface area contributed by atoms with E-state index in [1.54, 1.807) is 12.3 Å². The monoisotopic (exact) mass is 371 g/mol. The highest BCUT2D eigenvalue weighted by Gasteiger charge is 2.38. The molecule has 2 aromatic rings. The molecule has 27 heavy (non-hydrogen) atoms. The number of fused-ring (bicyclic) bond motifs is 1. The zero-order chi connectivity index (χ0) is 19.1. The minimum atomic E-state index is -0.453. The van der Waals surface area contributed by atoms with Gasteiger partial charge in [0, 0.05) is 43.0 Å². The van der Waals surface area contributed by atoms with Crippen LogP contribution in [0.5, 0.6) is 0 Å². The second kappa shape index (κ2) is 7.22. The number of hydrogen-bond acceptors (Lipinski definition) is 5. The van der Waals surface area contributed by atoms with Crippen molar-refractivity contribution in [1.29, 1.82) is 0 Å². The van der Waals surface area contributed by atoms with Gasteiger partial charge in [0.25, 0.3) is 0 Å². The summed E-state index contributed by atoms with van der Waals surface area (Å²) in [5, 5.41) is 11.5. The van der Waals surface area contributed by atoms with Crippen LogP contribution in [0.25, 0.3) is 11.0 Å². The number of aliphatic hydroxyl groups excluding tert-OH is 1. The number of carbonyl (C=O) groups excluding carboxylic acids is 1. The van der Waals surface area contributed by atoms with Gasteiger partial charge < -0.3 is 20.3 Å². The molecule has 7 heteroatoms. The van der Waals surface area contributed by atoms with Crippen LogP contribution in [0.1, 0.15) is 43.1 Å². The Hall–Kier alpha value is -1.96. The highest BCUT2D eigenvalue weighted by molar-refractivity contribution is 6.04. The maximum absolute atomic E-state index is 11.7. The van der Waals surface area contributed by atoms with E-state index in [0.29, 0.717) is 29.8 Å². The Balaban J connectivity index is 1.52. The molecule has 0 spiro atoms. The molecule has 4 heterocycles. The number of aromatic nitrogens is 2. The van der Waals surface area contributed by atoms with Gasteiger partial charge in [0.1, 0.15) is 5.65 Å². The molecule has 2 aromatic heterocycles. The predicted octanol–water partition coefficient (Wildman–Crippen LogP) is 1.23. The van der Waals surface area contributed by atoms with E-state index in [0.717, 1.165) is 37.9 Å². The highest BCUT2D eigenvalue weighted by Crippen LogP contribution is 2.31. The summed E-state index contributed by atoms with van der Waals surface area (Å²) >= 11 is 0. The molecule has 2 aliphatic rings. The van der Waals surface area contributed by atoms with E-state index in [1.807, 2.05) is 16.8 Å². The van der Waals surface area contributed by atoms with Crippen LogP contribution in [0.3, 0.4) is 0 Å². The summed E-state index contributed by atoms with van der Waals surface area (Å²) < 4.78 is 2.01. The number of piperidine rings is 1. The first kappa shape index (κ1) is 18.4. The summed E-state index contributed by atoms with van der Waals surface area (Å²) in [6, 6.07) is 4.59. The van der Waals surface area contributed by atoms with Crippen molar-refractivity contribution in [1.82, 2.24) is 19.4 Å². The third-order valence-corrected chi connectivity index (χ3v) is 6.27. The van der Waals surface area contributed by atoms with Crippen LogP contribution in [-0.2, 0) is 0 Å². The molecule has 2 saturated heterocycles. The first-order chi connectivity index (χ1) is 13.0. The molecule has 0 aromatic carbocycles. The van der Waals surface area contributed by atoms with E-state index in [1.165, 1.54) is 0 Å². The van der Waals surface area contributed by atoms with Crippen LogP contribution in [0.2, 0.25) is 0 Å². The molecule has 146 valence electrons. The standard InChI is InChI=1S/C20H29N5O2/c1-13(2)23-8-4-14(5-9-23)24-11-17(18(26)12-24)25-10-6-16-15(19(21)27)3-7-22-20(16)25/h3,6-7,10,13-14,17-18,26H,4-5,8-9,11-12H2,1-2H3,(H2,21,27)/t17-,18-/m1/s1. The van der Waals surface area contributed by atoms with Crippen molar-refractivity contribution >= 4 is 16.9 Å². The first-order valence-electron chi connectivity index (χ1n) is 9.87. The van der Waals surface area contributed by atoms with Crippen LogP contribution in [0, 0.1) is 0 Å². The lowest BCUT2D eigenvalue weighted by Crippen LogP contribution is -2.46. The zero-order valence-corrected chi connectivity index (χ0v) is 16.1. The van der Waals surface area contributed by atoms with E-state index in [4.69, 9.17) is 5.73 Å². The van der Waals surface area contributed by atoms with Crippen molar-refractivity contribution < 1.29 is 9.90 Å². The fraction of sp³-hybridized carbons (Fsp3) is 0.600. The van der Waals surface area contributed by atoms with Crippen LogP contribution in [0.4, 0.5) is 0 Å². The lowest BCUT2D eigenvalue weighted by molar-refractivity contribution is 0.0940. The Bertz CT molecular complexity index is 825. The van der Waals surface area contributed by atoms with Crippen LogP contribution >= 0.6 is 0 Å². The number of carbonyl (C=O) groups is 1. The van der Waals surface area contributed by atoms with Gasteiger partial charge in [-0.05, 0) is 51.9 Å². The fourth-order valence-electron chi connectivity index (χ4n) is 4.68. The second-order valence-corrected chi connectivity index (χ2v) is 8.13. The Labute approximate surface area is 159 Å². The van der Waals surface area contributed by atoms with Gasteiger partial charge in [-0.25, -0.2) is 4.98 Å². The predicted molar refractivity (Wildman–Crippen MR) is 105 cm³/mol. The molecular weight excluding hydrogens is 342 g/mol. The minimum Gasteiger partial charge on any atom is -0.390 e. The molecule has 2 atom stereocenters. The normalized spacial score (nSPS) is 25.6. The van der Waals surface area contributed by atoms with E-state index in [-0.39, 0.29) is 6.04 Å². The molecule has 0 bridgehead atoms. The second-order valence-electron chi connectivity index (χ2n) is 8.13. The maximum Gasteiger partial charge on any atom is 0.249 e. The average molecular weight is 371 g/mol. The largest absolute Gasteiger partial charge is 0.390 e. The summed E-state index contributed by atoms with van der Waals surface area (Å²) in [7, 11) is 0. The Kier molecular flexibility index (Phi) is 4.92. The van der Waals surface area contributed by atoms with Crippen molar-refractivity contribution in [2.75, 3.05) is 26.2 Å². The number of pyridine rings is 1. The van der Waals surface area contributed by atoms with Gasteiger partial charge in [-0.3, -0.25) is 9.69 Å². The number of hydrogen-bond donors (Lipinski definition) is 2. The molecule has 0 radical (unpaired) electrons. The van der Waals surface area contributed by atoms with Crippen LogP contribution < -0.4 is 5.73 Å². The van der Waals surface area contributed by atoms with Crippen LogP contribution in [-0.4, -0.2) is 74.7 Å². The van der Waals surface area contributed by atoms with E-state index < -0.39 is 12.0 Å². The van der Waals surface area contributed by atoms with Crippen molar-refractivity contribution in [3.8, 4) is 0 Å². The minimum absolute atomic E-state index is 0.0544. The molecule has 2 fully saturated rings. The zero-order valence-electron chi connectivity index (χ0n) is 16.1. The van der Waals surface area contributed by atoms with Gasteiger partial charge >= 0.3 is 0 Å². The SMILES string of the molecule is CC(C)N1CCC(N2C[C@@H](O)[C@H](n3ccc4c(C(N)=O)ccnc43)C2)CC1. The number of nitrogens with zero attached hydrogens (tertiary/aromatic N) is 4. The van der Waals surface area contributed by atoms with Gasteiger partial charge in [0.2, 0.25) is 5.91 Å². The molecular formula is C20H29N5O2. The fourth-order valence-corrected chi connectivity index (χ4v) is 4.68. The number of nitrogens with two attached hydrogens (primary N) is 1. The Morgan fingerprint density at radius 2 is 2.00 bits per heavy atom. The van der Waals surface area contributed by atoms with Gasteiger partial charge in [-0.1, -0.05) is 0 Å². The maximum atomic E-state index is 11.7. The molecule has 7 nitrogen and oxygen atoms in total. The molecule has 2 aliphatic heterocycles.